The first-order valence-corrected chi connectivity index (χ1v) is 7.25. The molecule has 0 radical (unpaired) electrons. The molecule has 0 aliphatic carbocycles. The number of oxazole rings is 1. The zero-order valence-corrected chi connectivity index (χ0v) is 11.9. The molecule has 3 N–H and O–H groups in total. The van der Waals surface area contributed by atoms with Gasteiger partial charge in [0.1, 0.15) is 16.4 Å². The molecule has 1 heterocycles. The molecule has 8 heteroatoms. The van der Waals surface area contributed by atoms with Crippen LogP contribution in [0, 0.1) is 6.92 Å². The number of sulfonamides is 1. The van der Waals surface area contributed by atoms with Crippen molar-refractivity contribution in [2.45, 2.75) is 18.4 Å². The Kier molecular flexibility index (Phi) is 3.96. The van der Waals surface area contributed by atoms with Crippen molar-refractivity contribution in [1.29, 1.82) is 0 Å². The van der Waals surface area contributed by atoms with Crippen molar-refractivity contribution in [3.8, 4) is 5.75 Å². The number of aromatic nitrogens is 1. The molecule has 0 saturated heterocycles. The Bertz CT molecular complexity index is 709. The Morgan fingerprint density at radius 3 is 2.80 bits per heavy atom. The van der Waals surface area contributed by atoms with Crippen LogP contribution in [0.3, 0.4) is 0 Å². The lowest BCUT2D eigenvalue weighted by molar-refractivity contribution is 0.402. The molecule has 2 aromatic rings. The number of nitrogens with one attached hydrogen (secondary N) is 1. The maximum absolute atomic E-state index is 12.2. The van der Waals surface area contributed by atoms with E-state index in [4.69, 9.17) is 14.9 Å². The van der Waals surface area contributed by atoms with Gasteiger partial charge < -0.3 is 14.9 Å². The first-order valence-electron chi connectivity index (χ1n) is 5.77. The smallest absolute Gasteiger partial charge is 0.244 e. The van der Waals surface area contributed by atoms with Gasteiger partial charge in [0.2, 0.25) is 15.9 Å². The van der Waals surface area contributed by atoms with E-state index in [0.29, 0.717) is 11.4 Å². The highest BCUT2D eigenvalue weighted by atomic mass is 32.2. The summed E-state index contributed by atoms with van der Waals surface area (Å²) in [4.78, 5) is 3.90. The topological polar surface area (TPSA) is 107 Å². The van der Waals surface area contributed by atoms with Crippen LogP contribution >= 0.6 is 0 Å². The summed E-state index contributed by atoms with van der Waals surface area (Å²) in [5.41, 5.74) is 5.94. The molecule has 0 aliphatic rings. The summed E-state index contributed by atoms with van der Waals surface area (Å²) in [6.07, 6.45) is 1.52. The summed E-state index contributed by atoms with van der Waals surface area (Å²) in [7, 11) is -2.38. The summed E-state index contributed by atoms with van der Waals surface area (Å²) in [5, 5.41) is 0. The number of aryl methyl sites for hydroxylation is 1. The number of ether oxygens (including phenoxy) is 1. The van der Waals surface area contributed by atoms with Crippen LogP contribution in [-0.2, 0) is 16.6 Å². The lowest BCUT2D eigenvalue weighted by Crippen LogP contribution is -2.24. The second-order valence-electron chi connectivity index (χ2n) is 4.10. The largest absolute Gasteiger partial charge is 0.495 e. The van der Waals surface area contributed by atoms with Crippen molar-refractivity contribution in [3.05, 3.63) is 36.0 Å². The van der Waals surface area contributed by atoms with Gasteiger partial charge in [-0.25, -0.2) is 18.1 Å². The van der Waals surface area contributed by atoms with Gasteiger partial charge in [-0.05, 0) is 25.1 Å². The Morgan fingerprint density at radius 1 is 1.45 bits per heavy atom. The van der Waals surface area contributed by atoms with E-state index in [1.54, 1.807) is 13.0 Å². The molecule has 108 valence electrons. The van der Waals surface area contributed by atoms with E-state index < -0.39 is 10.0 Å². The van der Waals surface area contributed by atoms with Crippen molar-refractivity contribution in [2.24, 2.45) is 0 Å². The number of benzene rings is 1. The highest BCUT2D eigenvalue weighted by Gasteiger charge is 2.20. The molecule has 0 fully saturated rings. The highest BCUT2D eigenvalue weighted by molar-refractivity contribution is 7.89. The van der Waals surface area contributed by atoms with Gasteiger partial charge in [-0.3, -0.25) is 0 Å². The van der Waals surface area contributed by atoms with Gasteiger partial charge in [0, 0.05) is 5.69 Å². The van der Waals surface area contributed by atoms with Crippen LogP contribution in [0.1, 0.15) is 11.7 Å². The van der Waals surface area contributed by atoms with Crippen LogP contribution in [0.15, 0.2) is 33.7 Å². The Balaban J connectivity index is 2.24. The molecular weight excluding hydrogens is 282 g/mol. The van der Waals surface area contributed by atoms with Crippen LogP contribution in [0.25, 0.3) is 0 Å². The zero-order chi connectivity index (χ0) is 14.8. The lowest BCUT2D eigenvalue weighted by Gasteiger charge is -2.10. The number of nitrogens with two attached hydrogens (primary N) is 1. The predicted octanol–water partition coefficient (Wildman–Crippen LogP) is 1.05. The molecule has 0 amide bonds. The second kappa shape index (κ2) is 5.51. The van der Waals surface area contributed by atoms with E-state index in [-0.39, 0.29) is 23.1 Å². The van der Waals surface area contributed by atoms with Crippen molar-refractivity contribution in [2.75, 3.05) is 12.8 Å². The fraction of sp³-hybridized carbons (Fsp3) is 0.250. The minimum absolute atomic E-state index is 0.0247. The van der Waals surface area contributed by atoms with Gasteiger partial charge >= 0.3 is 0 Å². The van der Waals surface area contributed by atoms with Crippen LogP contribution in [-0.4, -0.2) is 20.5 Å². The summed E-state index contributed by atoms with van der Waals surface area (Å²) in [6, 6.07) is 4.40. The number of nitrogen functional groups attached to an aromatic ring is 1. The second-order valence-corrected chi connectivity index (χ2v) is 5.83. The molecule has 0 saturated carbocycles. The number of methoxy groups -OCH3 is 1. The first-order chi connectivity index (χ1) is 9.42. The average Bonchev–Trinajstić information content (AvgIpc) is 2.82. The van der Waals surface area contributed by atoms with E-state index >= 15 is 0 Å². The maximum Gasteiger partial charge on any atom is 0.244 e. The number of anilines is 1. The maximum atomic E-state index is 12.2. The number of hydrogen-bond acceptors (Lipinski definition) is 6. The lowest BCUT2D eigenvalue weighted by atomic mass is 10.3. The van der Waals surface area contributed by atoms with Crippen LogP contribution < -0.4 is 15.2 Å². The van der Waals surface area contributed by atoms with Gasteiger partial charge in [-0.15, -0.1) is 0 Å². The standard InChI is InChI=1S/C12H15N3O4S/c1-8-6-14-12(19-8)7-15-20(16,17)11-5-9(13)3-4-10(11)18-2/h3-6,15H,7,13H2,1-2H3. The quantitative estimate of drug-likeness (QED) is 0.799. The number of nitrogens with zero attached hydrogens (tertiary/aromatic N) is 1. The third-order valence-electron chi connectivity index (χ3n) is 2.56. The Morgan fingerprint density at radius 2 is 2.20 bits per heavy atom. The molecule has 0 unspecified atom stereocenters. The molecule has 0 bridgehead atoms. The summed E-state index contributed by atoms with van der Waals surface area (Å²) >= 11 is 0. The molecule has 1 aromatic heterocycles. The van der Waals surface area contributed by atoms with E-state index in [0.717, 1.165) is 0 Å². The van der Waals surface area contributed by atoms with E-state index in [1.165, 1.54) is 25.4 Å². The number of rotatable bonds is 5. The Hall–Kier alpha value is -2.06. The molecule has 20 heavy (non-hydrogen) atoms. The molecule has 2 rings (SSSR count). The molecule has 0 atom stereocenters. The normalized spacial score (nSPS) is 11.5. The average molecular weight is 297 g/mol. The fourth-order valence-corrected chi connectivity index (χ4v) is 2.80. The summed E-state index contributed by atoms with van der Waals surface area (Å²) in [5.74, 6) is 1.12. The summed E-state index contributed by atoms with van der Waals surface area (Å²) in [6.45, 7) is 1.68. The fourth-order valence-electron chi connectivity index (χ4n) is 1.62. The Labute approximate surface area is 116 Å². The minimum Gasteiger partial charge on any atom is -0.495 e. The molecule has 0 aliphatic heterocycles. The third-order valence-corrected chi connectivity index (χ3v) is 3.98. The van der Waals surface area contributed by atoms with E-state index in [1.807, 2.05) is 0 Å². The zero-order valence-electron chi connectivity index (χ0n) is 11.1. The van der Waals surface area contributed by atoms with Gasteiger partial charge in [-0.2, -0.15) is 0 Å². The first kappa shape index (κ1) is 14.4. The molecule has 0 spiro atoms. The van der Waals surface area contributed by atoms with Gasteiger partial charge in [0.05, 0.1) is 19.9 Å². The highest BCUT2D eigenvalue weighted by Crippen LogP contribution is 2.25. The van der Waals surface area contributed by atoms with Crippen molar-refractivity contribution in [1.82, 2.24) is 9.71 Å². The minimum atomic E-state index is -3.77. The monoisotopic (exact) mass is 297 g/mol. The van der Waals surface area contributed by atoms with Crippen molar-refractivity contribution in [3.63, 3.8) is 0 Å². The van der Waals surface area contributed by atoms with Crippen LogP contribution in [0.4, 0.5) is 5.69 Å². The van der Waals surface area contributed by atoms with Crippen LogP contribution in [0.5, 0.6) is 5.75 Å². The predicted molar refractivity (Wildman–Crippen MR) is 72.7 cm³/mol. The SMILES string of the molecule is COc1ccc(N)cc1S(=O)(=O)NCc1ncc(C)o1. The van der Waals surface area contributed by atoms with E-state index in [2.05, 4.69) is 9.71 Å². The molecule has 7 nitrogen and oxygen atoms in total. The van der Waals surface area contributed by atoms with Crippen molar-refractivity contribution < 1.29 is 17.6 Å². The summed E-state index contributed by atoms with van der Waals surface area (Å²) < 4.78 is 37.1. The number of hydrogen-bond donors (Lipinski definition) is 2. The van der Waals surface area contributed by atoms with Crippen molar-refractivity contribution >= 4 is 15.7 Å². The molecular formula is C12H15N3O4S. The van der Waals surface area contributed by atoms with Crippen LogP contribution in [0.2, 0.25) is 0 Å². The van der Waals surface area contributed by atoms with Gasteiger partial charge in [0.15, 0.2) is 0 Å². The van der Waals surface area contributed by atoms with E-state index in [9.17, 15) is 8.42 Å². The van der Waals surface area contributed by atoms with Gasteiger partial charge in [0.25, 0.3) is 0 Å². The van der Waals surface area contributed by atoms with Gasteiger partial charge in [-0.1, -0.05) is 0 Å². The third kappa shape index (κ3) is 3.09. The molecule has 1 aromatic carbocycles.